The van der Waals surface area contributed by atoms with Crippen molar-refractivity contribution in [2.75, 3.05) is 26.2 Å². The standard InChI is InChI=1S/C39H62N8O13/c1-5-21(3)31(38(58)47-19-9-12-27(47)35(55)44-32(39(59)60)22(4)6-2)43-34(54)26-11-8-18-46(26)37(57)24(14-16-30(51)52)42-28(48)20-41-33(53)25-10-7-17-45(25)36(56)23(40)13-15-29(49)50/h21-27,31-32H,5-20,40H2,1-4H3,(H,41,53)(H,42,48)(H,43,54)(H,44,55)(H,49,50)(H,51,52)(H,59,60)/t21-,22-,23-,24-,25-,26-,27-,31-,32-/m0/s1. The Kier molecular flexibility index (Phi) is 18.7. The van der Waals surface area contributed by atoms with Gasteiger partial charge in [-0.2, -0.15) is 0 Å². The van der Waals surface area contributed by atoms with Crippen LogP contribution in [0.3, 0.4) is 0 Å². The molecular formula is C39H62N8O13. The fourth-order valence-electron chi connectivity index (χ4n) is 7.82. The minimum absolute atomic E-state index is 0.0878. The van der Waals surface area contributed by atoms with Crippen LogP contribution in [0.15, 0.2) is 0 Å². The van der Waals surface area contributed by atoms with Crippen molar-refractivity contribution in [1.29, 1.82) is 0 Å². The predicted molar refractivity (Wildman–Crippen MR) is 211 cm³/mol. The Labute approximate surface area is 348 Å². The van der Waals surface area contributed by atoms with Crippen LogP contribution in [0, 0.1) is 11.8 Å². The molecule has 336 valence electrons. The number of carboxylic acids is 3. The molecule has 21 heteroatoms. The van der Waals surface area contributed by atoms with E-state index >= 15 is 0 Å². The molecule has 3 saturated heterocycles. The Morgan fingerprint density at radius 3 is 1.52 bits per heavy atom. The van der Waals surface area contributed by atoms with Crippen molar-refractivity contribution in [3.05, 3.63) is 0 Å². The zero-order valence-electron chi connectivity index (χ0n) is 34.9. The van der Waals surface area contributed by atoms with Crippen LogP contribution in [0.1, 0.15) is 105 Å². The normalized spacial score (nSPS) is 21.8. The molecule has 0 unspecified atom stereocenters. The van der Waals surface area contributed by atoms with Gasteiger partial charge in [-0.15, -0.1) is 0 Å². The van der Waals surface area contributed by atoms with Gasteiger partial charge < -0.3 is 57.0 Å². The van der Waals surface area contributed by atoms with Crippen molar-refractivity contribution in [1.82, 2.24) is 36.0 Å². The number of hydrogen-bond donors (Lipinski definition) is 8. The van der Waals surface area contributed by atoms with Crippen molar-refractivity contribution >= 4 is 59.3 Å². The Balaban J connectivity index is 1.70. The van der Waals surface area contributed by atoms with Crippen molar-refractivity contribution in [3.63, 3.8) is 0 Å². The van der Waals surface area contributed by atoms with Crippen LogP contribution in [0.4, 0.5) is 0 Å². The van der Waals surface area contributed by atoms with Crippen molar-refractivity contribution in [2.45, 2.75) is 147 Å². The van der Waals surface area contributed by atoms with Gasteiger partial charge >= 0.3 is 17.9 Å². The van der Waals surface area contributed by atoms with Crippen LogP contribution in [0.25, 0.3) is 0 Å². The van der Waals surface area contributed by atoms with E-state index in [0.29, 0.717) is 38.5 Å². The quantitative estimate of drug-likeness (QED) is 0.0633. The summed E-state index contributed by atoms with van der Waals surface area (Å²) in [7, 11) is 0. The van der Waals surface area contributed by atoms with E-state index in [1.807, 2.05) is 6.92 Å². The Hall–Kier alpha value is -5.34. The number of nitrogens with two attached hydrogens (primary N) is 1. The number of carbonyl (C=O) groups excluding carboxylic acids is 7. The van der Waals surface area contributed by atoms with E-state index in [9.17, 15) is 58.2 Å². The van der Waals surface area contributed by atoms with Gasteiger partial charge in [-0.3, -0.25) is 43.2 Å². The molecule has 9 atom stereocenters. The molecule has 21 nitrogen and oxygen atoms in total. The van der Waals surface area contributed by atoms with Gasteiger partial charge in [0.1, 0.15) is 36.3 Å². The van der Waals surface area contributed by atoms with Gasteiger partial charge in [-0.05, 0) is 63.2 Å². The van der Waals surface area contributed by atoms with E-state index in [1.165, 1.54) is 14.7 Å². The van der Waals surface area contributed by atoms with E-state index in [-0.39, 0.29) is 57.7 Å². The molecule has 60 heavy (non-hydrogen) atoms. The fourth-order valence-corrected chi connectivity index (χ4v) is 7.82. The van der Waals surface area contributed by atoms with Crippen molar-refractivity contribution < 1.29 is 63.3 Å². The molecule has 0 bridgehead atoms. The number of nitrogens with zero attached hydrogens (tertiary/aromatic N) is 3. The fraction of sp³-hybridized carbons (Fsp3) is 0.744. The van der Waals surface area contributed by atoms with Gasteiger partial charge in [0.05, 0.1) is 12.6 Å². The summed E-state index contributed by atoms with van der Waals surface area (Å²) >= 11 is 0. The average molecular weight is 851 g/mol. The van der Waals surface area contributed by atoms with E-state index in [4.69, 9.17) is 10.8 Å². The number of aliphatic carboxylic acids is 3. The van der Waals surface area contributed by atoms with E-state index in [1.54, 1.807) is 20.8 Å². The molecule has 0 aromatic heterocycles. The molecule has 3 fully saturated rings. The lowest BCUT2D eigenvalue weighted by atomic mass is 9.96. The highest BCUT2D eigenvalue weighted by atomic mass is 16.4. The smallest absolute Gasteiger partial charge is 0.326 e. The molecule has 0 aliphatic carbocycles. The number of carbonyl (C=O) groups is 10. The number of likely N-dealkylation sites (tertiary alicyclic amines) is 3. The Morgan fingerprint density at radius 1 is 0.600 bits per heavy atom. The largest absolute Gasteiger partial charge is 0.481 e. The Morgan fingerprint density at radius 2 is 1.03 bits per heavy atom. The molecule has 3 heterocycles. The zero-order chi connectivity index (χ0) is 44.8. The summed E-state index contributed by atoms with van der Waals surface area (Å²) in [6.07, 6.45) is 1.73. The predicted octanol–water partition coefficient (Wildman–Crippen LogP) is -1.24. The summed E-state index contributed by atoms with van der Waals surface area (Å²) in [4.78, 5) is 133. The molecule has 9 N–H and O–H groups in total. The van der Waals surface area contributed by atoms with Gasteiger partial charge in [0, 0.05) is 32.5 Å². The van der Waals surface area contributed by atoms with Crippen molar-refractivity contribution in [3.8, 4) is 0 Å². The molecule has 0 saturated carbocycles. The van der Waals surface area contributed by atoms with Crippen LogP contribution in [0.5, 0.6) is 0 Å². The third-order valence-electron chi connectivity index (χ3n) is 11.8. The molecule has 7 amide bonds. The maximum absolute atomic E-state index is 14.1. The third-order valence-corrected chi connectivity index (χ3v) is 11.8. The first-order chi connectivity index (χ1) is 28.3. The second kappa shape index (κ2) is 22.9. The lowest BCUT2D eigenvalue weighted by molar-refractivity contribution is -0.147. The van der Waals surface area contributed by atoms with Crippen LogP contribution in [-0.4, -0.2) is 158 Å². The number of rotatable bonds is 22. The van der Waals surface area contributed by atoms with Crippen LogP contribution in [0.2, 0.25) is 0 Å². The van der Waals surface area contributed by atoms with Crippen LogP contribution in [-0.2, 0) is 47.9 Å². The molecule has 0 aromatic carbocycles. The topological polar surface area (TPSA) is 315 Å². The van der Waals surface area contributed by atoms with Gasteiger partial charge in [0.15, 0.2) is 0 Å². The first-order valence-electron chi connectivity index (χ1n) is 20.8. The number of nitrogens with one attached hydrogen (secondary N) is 4. The molecule has 3 aliphatic rings. The zero-order valence-corrected chi connectivity index (χ0v) is 34.9. The van der Waals surface area contributed by atoms with Crippen LogP contribution < -0.4 is 27.0 Å². The lowest BCUT2D eigenvalue weighted by Crippen LogP contribution is -2.60. The van der Waals surface area contributed by atoms with E-state index < -0.39 is 120 Å². The first kappa shape index (κ1) is 49.0. The molecule has 0 radical (unpaired) electrons. The number of hydrogen-bond acceptors (Lipinski definition) is 11. The second-order valence-corrected chi connectivity index (χ2v) is 16.0. The SMILES string of the molecule is CC[C@H](C)[C@H](NC(=O)[C@@H]1CCCN1C(=O)[C@@H](NC(=O)[C@@H]1CCCN1C(=O)[C@H](CCC(=O)O)NC(=O)CNC(=O)[C@@H]1CCCN1C(=O)[C@@H](N)CCC(=O)O)[C@@H](C)CC)C(=O)O. The summed E-state index contributed by atoms with van der Waals surface area (Å²) in [5.74, 6) is -8.98. The summed E-state index contributed by atoms with van der Waals surface area (Å²) in [5.41, 5.74) is 5.87. The van der Waals surface area contributed by atoms with Gasteiger partial charge in [0.25, 0.3) is 0 Å². The summed E-state index contributed by atoms with van der Waals surface area (Å²) in [6, 6.07) is -7.79. The summed E-state index contributed by atoms with van der Waals surface area (Å²) in [5, 5.41) is 38.3. The summed E-state index contributed by atoms with van der Waals surface area (Å²) in [6.45, 7) is 6.95. The van der Waals surface area contributed by atoms with Gasteiger partial charge in [-0.25, -0.2) is 4.79 Å². The van der Waals surface area contributed by atoms with E-state index in [0.717, 1.165) is 0 Å². The highest BCUT2D eigenvalue weighted by molar-refractivity contribution is 5.97. The molecule has 0 spiro atoms. The monoisotopic (exact) mass is 850 g/mol. The Bertz CT molecular complexity index is 1630. The van der Waals surface area contributed by atoms with Crippen molar-refractivity contribution in [2.24, 2.45) is 17.6 Å². The number of amides is 7. The molecule has 3 rings (SSSR count). The average Bonchev–Trinajstić information content (AvgIpc) is 4.02. The molecule has 0 aromatic rings. The highest BCUT2D eigenvalue weighted by Gasteiger charge is 2.44. The highest BCUT2D eigenvalue weighted by Crippen LogP contribution is 2.25. The maximum Gasteiger partial charge on any atom is 0.326 e. The molecule has 3 aliphatic heterocycles. The maximum atomic E-state index is 14.1. The second-order valence-electron chi connectivity index (χ2n) is 16.0. The third kappa shape index (κ3) is 13.1. The van der Waals surface area contributed by atoms with Gasteiger partial charge in [-0.1, -0.05) is 40.5 Å². The minimum Gasteiger partial charge on any atom is -0.481 e. The number of carboxylic acid groups (broad SMARTS) is 3. The molecular weight excluding hydrogens is 788 g/mol. The van der Waals surface area contributed by atoms with E-state index in [2.05, 4.69) is 21.3 Å². The summed E-state index contributed by atoms with van der Waals surface area (Å²) < 4.78 is 0. The van der Waals surface area contributed by atoms with Crippen LogP contribution >= 0.6 is 0 Å². The van der Waals surface area contributed by atoms with Gasteiger partial charge in [0.2, 0.25) is 41.4 Å². The lowest BCUT2D eigenvalue weighted by Gasteiger charge is -2.34. The minimum atomic E-state index is -1.41. The first-order valence-corrected chi connectivity index (χ1v) is 20.8.